The van der Waals surface area contributed by atoms with Crippen molar-refractivity contribution in [3.8, 4) is 0 Å². The molecule has 5 nitrogen and oxygen atoms in total. The maximum absolute atomic E-state index is 13.0. The zero-order chi connectivity index (χ0) is 16.5. The van der Waals surface area contributed by atoms with Crippen molar-refractivity contribution in [1.82, 2.24) is 15.1 Å². The molecule has 1 aliphatic heterocycles. The number of nitrogens with zero attached hydrogens (tertiary/aromatic N) is 4. The number of hydrogen-bond donors (Lipinski definition) is 0. The van der Waals surface area contributed by atoms with E-state index in [9.17, 15) is 4.39 Å². The highest BCUT2D eigenvalue weighted by molar-refractivity contribution is 5.87. The van der Waals surface area contributed by atoms with E-state index in [0.717, 1.165) is 49.2 Å². The van der Waals surface area contributed by atoms with E-state index >= 15 is 0 Å². The molecular formula is C18H19FN4O. The maximum atomic E-state index is 13.0. The number of piperidine rings is 1. The van der Waals surface area contributed by atoms with E-state index in [4.69, 9.17) is 4.52 Å². The zero-order valence-electron chi connectivity index (χ0n) is 13.6. The van der Waals surface area contributed by atoms with Gasteiger partial charge in [0.05, 0.1) is 5.69 Å². The van der Waals surface area contributed by atoms with E-state index in [0.29, 0.717) is 11.6 Å². The Bertz CT molecular complexity index is 838. The number of anilines is 1. The predicted molar refractivity (Wildman–Crippen MR) is 89.4 cm³/mol. The number of benzene rings is 1. The van der Waals surface area contributed by atoms with Crippen LogP contribution in [0.25, 0.3) is 11.1 Å². The lowest BCUT2D eigenvalue weighted by Gasteiger charge is -2.33. The molecule has 1 aliphatic rings. The Hall–Kier alpha value is -2.50. The Morgan fingerprint density at radius 2 is 1.92 bits per heavy atom. The first kappa shape index (κ1) is 15.1. The summed E-state index contributed by atoms with van der Waals surface area (Å²) in [6.45, 7) is 3.81. The highest BCUT2D eigenvalue weighted by Crippen LogP contribution is 2.30. The van der Waals surface area contributed by atoms with E-state index in [1.807, 2.05) is 19.1 Å². The van der Waals surface area contributed by atoms with Crippen molar-refractivity contribution in [3.63, 3.8) is 0 Å². The van der Waals surface area contributed by atoms with Crippen LogP contribution in [0.15, 0.2) is 35.1 Å². The molecule has 0 spiro atoms. The van der Waals surface area contributed by atoms with Crippen LogP contribution in [0.1, 0.15) is 24.1 Å². The van der Waals surface area contributed by atoms with Crippen LogP contribution >= 0.6 is 0 Å². The first-order valence-electron chi connectivity index (χ1n) is 8.27. The molecule has 1 saturated heterocycles. The van der Waals surface area contributed by atoms with Crippen molar-refractivity contribution in [2.24, 2.45) is 5.92 Å². The summed E-state index contributed by atoms with van der Waals surface area (Å²) in [5.74, 6) is 1.36. The van der Waals surface area contributed by atoms with Gasteiger partial charge in [0, 0.05) is 13.1 Å². The topological polar surface area (TPSA) is 55.1 Å². The monoisotopic (exact) mass is 326 g/mol. The Labute approximate surface area is 139 Å². The SMILES string of the molecule is Cc1noc2ncnc(N3CCC(Cc4ccc(F)cc4)CC3)c12. The molecule has 6 heteroatoms. The third kappa shape index (κ3) is 2.84. The van der Waals surface area contributed by atoms with Gasteiger partial charge in [-0.25, -0.2) is 9.37 Å². The van der Waals surface area contributed by atoms with E-state index in [1.165, 1.54) is 24.0 Å². The van der Waals surface area contributed by atoms with Gasteiger partial charge < -0.3 is 9.42 Å². The summed E-state index contributed by atoms with van der Waals surface area (Å²) in [6.07, 6.45) is 4.72. The van der Waals surface area contributed by atoms with Crippen LogP contribution in [-0.2, 0) is 6.42 Å². The Morgan fingerprint density at radius 3 is 2.67 bits per heavy atom. The second kappa shape index (κ2) is 6.19. The smallest absolute Gasteiger partial charge is 0.263 e. The van der Waals surface area contributed by atoms with Crippen LogP contribution in [0.3, 0.4) is 0 Å². The van der Waals surface area contributed by atoms with Gasteiger partial charge >= 0.3 is 0 Å². The summed E-state index contributed by atoms with van der Waals surface area (Å²) in [6, 6.07) is 6.85. The minimum atomic E-state index is -0.176. The quantitative estimate of drug-likeness (QED) is 0.737. The second-order valence-corrected chi connectivity index (χ2v) is 6.41. The summed E-state index contributed by atoms with van der Waals surface area (Å²) in [7, 11) is 0. The lowest BCUT2D eigenvalue weighted by atomic mass is 9.90. The highest BCUT2D eigenvalue weighted by Gasteiger charge is 2.23. The van der Waals surface area contributed by atoms with Gasteiger partial charge in [0.1, 0.15) is 23.3 Å². The van der Waals surface area contributed by atoms with E-state index in [-0.39, 0.29) is 5.82 Å². The Balaban J connectivity index is 1.45. The van der Waals surface area contributed by atoms with Gasteiger partial charge in [-0.2, -0.15) is 4.98 Å². The standard InChI is InChI=1S/C18H19FN4O/c1-12-16-17(20-11-21-18(16)24-22-12)23-8-6-14(7-9-23)10-13-2-4-15(19)5-3-13/h2-5,11,14H,6-10H2,1H3. The van der Waals surface area contributed by atoms with Gasteiger partial charge in [0.25, 0.3) is 5.71 Å². The van der Waals surface area contributed by atoms with Gasteiger partial charge in [-0.1, -0.05) is 17.3 Å². The molecular weight excluding hydrogens is 307 g/mol. The minimum absolute atomic E-state index is 0.176. The van der Waals surface area contributed by atoms with Gasteiger partial charge in [0.2, 0.25) is 0 Å². The Kier molecular flexibility index (Phi) is 3.88. The van der Waals surface area contributed by atoms with Crippen LogP contribution in [0, 0.1) is 18.7 Å². The van der Waals surface area contributed by atoms with E-state index < -0.39 is 0 Å². The third-order valence-electron chi connectivity index (χ3n) is 4.78. The number of aromatic nitrogens is 3. The zero-order valence-corrected chi connectivity index (χ0v) is 13.6. The highest BCUT2D eigenvalue weighted by atomic mass is 19.1. The molecule has 0 amide bonds. The molecule has 3 aromatic rings. The number of fused-ring (bicyclic) bond motifs is 1. The first-order valence-corrected chi connectivity index (χ1v) is 8.27. The minimum Gasteiger partial charge on any atom is -0.356 e. The fourth-order valence-electron chi connectivity index (χ4n) is 3.45. The average molecular weight is 326 g/mol. The van der Waals surface area contributed by atoms with Crippen LogP contribution in [0.2, 0.25) is 0 Å². The molecule has 124 valence electrons. The fourth-order valence-corrected chi connectivity index (χ4v) is 3.45. The molecule has 24 heavy (non-hydrogen) atoms. The van der Waals surface area contributed by atoms with Crippen molar-refractivity contribution in [2.75, 3.05) is 18.0 Å². The molecule has 1 aromatic carbocycles. The summed E-state index contributed by atoms with van der Waals surface area (Å²) < 4.78 is 18.2. The normalized spacial score (nSPS) is 16.0. The van der Waals surface area contributed by atoms with E-state index in [1.54, 1.807) is 0 Å². The number of hydrogen-bond acceptors (Lipinski definition) is 5. The van der Waals surface area contributed by atoms with Gasteiger partial charge in [-0.3, -0.25) is 0 Å². The van der Waals surface area contributed by atoms with Gasteiger partial charge in [-0.15, -0.1) is 0 Å². The maximum Gasteiger partial charge on any atom is 0.263 e. The van der Waals surface area contributed by atoms with Crippen LogP contribution < -0.4 is 4.90 Å². The van der Waals surface area contributed by atoms with Crippen LogP contribution in [0.4, 0.5) is 10.2 Å². The average Bonchev–Trinajstić information content (AvgIpc) is 2.99. The van der Waals surface area contributed by atoms with Crippen molar-refractivity contribution in [1.29, 1.82) is 0 Å². The third-order valence-corrected chi connectivity index (χ3v) is 4.78. The van der Waals surface area contributed by atoms with Crippen molar-refractivity contribution >= 4 is 16.9 Å². The molecule has 1 fully saturated rings. The molecule has 4 rings (SSSR count). The van der Waals surface area contributed by atoms with Crippen molar-refractivity contribution in [3.05, 3.63) is 47.7 Å². The number of aryl methyl sites for hydroxylation is 1. The molecule has 0 bridgehead atoms. The first-order chi connectivity index (χ1) is 11.7. The van der Waals surface area contributed by atoms with Gasteiger partial charge in [-0.05, 0) is 49.8 Å². The molecule has 0 radical (unpaired) electrons. The van der Waals surface area contributed by atoms with Gasteiger partial charge in [0.15, 0.2) is 0 Å². The Morgan fingerprint density at radius 1 is 1.17 bits per heavy atom. The molecule has 0 aliphatic carbocycles. The molecule has 0 N–H and O–H groups in total. The van der Waals surface area contributed by atoms with Crippen molar-refractivity contribution in [2.45, 2.75) is 26.2 Å². The second-order valence-electron chi connectivity index (χ2n) is 6.41. The van der Waals surface area contributed by atoms with Crippen LogP contribution in [0.5, 0.6) is 0 Å². The molecule has 3 heterocycles. The molecule has 0 saturated carbocycles. The molecule has 0 unspecified atom stereocenters. The number of rotatable bonds is 3. The van der Waals surface area contributed by atoms with E-state index in [2.05, 4.69) is 20.0 Å². The molecule has 0 atom stereocenters. The summed E-state index contributed by atoms with van der Waals surface area (Å²) in [5, 5.41) is 4.91. The largest absolute Gasteiger partial charge is 0.356 e. The summed E-state index contributed by atoms with van der Waals surface area (Å²) >= 11 is 0. The predicted octanol–water partition coefficient (Wildman–Crippen LogP) is 3.52. The summed E-state index contributed by atoms with van der Waals surface area (Å²) in [5.41, 5.74) is 2.58. The lowest BCUT2D eigenvalue weighted by molar-refractivity contribution is 0.402. The fraction of sp³-hybridized carbons (Fsp3) is 0.389. The number of halogens is 1. The lowest BCUT2D eigenvalue weighted by Crippen LogP contribution is -2.35. The molecule has 2 aromatic heterocycles. The van der Waals surface area contributed by atoms with Crippen LogP contribution in [-0.4, -0.2) is 28.2 Å². The summed E-state index contributed by atoms with van der Waals surface area (Å²) in [4.78, 5) is 10.9. The van der Waals surface area contributed by atoms with Crippen molar-refractivity contribution < 1.29 is 8.91 Å².